The summed E-state index contributed by atoms with van der Waals surface area (Å²) in [5.74, 6) is 1.08. The van der Waals surface area contributed by atoms with E-state index in [9.17, 15) is 0 Å². The highest BCUT2D eigenvalue weighted by Crippen LogP contribution is 2.24. The lowest BCUT2D eigenvalue weighted by Crippen LogP contribution is -2.07. The largest absolute Gasteiger partial charge is 0.381 e. The number of halogens is 1. The number of alkyl halides is 1. The molecule has 0 saturated carbocycles. The Morgan fingerprint density at radius 3 is 2.62 bits per heavy atom. The van der Waals surface area contributed by atoms with Gasteiger partial charge in [0.25, 0.3) is 0 Å². The first-order valence-electron chi connectivity index (χ1n) is 5.98. The fraction of sp³-hybridized carbons (Fsp3) is 0.571. The van der Waals surface area contributed by atoms with Crippen LogP contribution in [0.4, 0.5) is 0 Å². The van der Waals surface area contributed by atoms with Crippen molar-refractivity contribution in [1.29, 1.82) is 0 Å². The van der Waals surface area contributed by atoms with Gasteiger partial charge in [0.05, 0.1) is 0 Å². The maximum Gasteiger partial charge on any atom is 0.0472 e. The van der Waals surface area contributed by atoms with Gasteiger partial charge in [0.2, 0.25) is 0 Å². The van der Waals surface area contributed by atoms with E-state index < -0.39 is 0 Å². The smallest absolute Gasteiger partial charge is 0.0472 e. The molecular weight excluding hydrogens is 220 g/mol. The minimum Gasteiger partial charge on any atom is -0.381 e. The van der Waals surface area contributed by atoms with Crippen LogP contribution < -0.4 is 0 Å². The summed E-state index contributed by atoms with van der Waals surface area (Å²) in [6.07, 6.45) is 2.09. The van der Waals surface area contributed by atoms with Gasteiger partial charge in [0, 0.05) is 19.1 Å². The van der Waals surface area contributed by atoms with Gasteiger partial charge in [0.15, 0.2) is 0 Å². The zero-order valence-corrected chi connectivity index (χ0v) is 11.0. The number of benzene rings is 1. The molecule has 0 aliphatic rings. The van der Waals surface area contributed by atoms with E-state index in [1.54, 1.807) is 0 Å². The van der Waals surface area contributed by atoms with Crippen LogP contribution in [0.25, 0.3) is 0 Å². The second kappa shape index (κ2) is 7.70. The zero-order valence-electron chi connectivity index (χ0n) is 10.2. The number of aryl methyl sites for hydroxylation is 1. The molecule has 1 aromatic rings. The summed E-state index contributed by atoms with van der Waals surface area (Å²) in [5.41, 5.74) is 2.68. The molecule has 2 heteroatoms. The van der Waals surface area contributed by atoms with E-state index in [4.69, 9.17) is 16.3 Å². The summed E-state index contributed by atoms with van der Waals surface area (Å²) in [4.78, 5) is 0. The van der Waals surface area contributed by atoms with E-state index in [1.807, 2.05) is 0 Å². The Labute approximate surface area is 104 Å². The lowest BCUT2D eigenvalue weighted by molar-refractivity contribution is 0.128. The first kappa shape index (κ1) is 13.5. The van der Waals surface area contributed by atoms with Gasteiger partial charge in [-0.3, -0.25) is 0 Å². The number of hydrogen-bond donors (Lipinski definition) is 0. The van der Waals surface area contributed by atoms with Crippen molar-refractivity contribution in [1.82, 2.24) is 0 Å². The second-order valence-corrected chi connectivity index (χ2v) is 4.42. The van der Waals surface area contributed by atoms with Gasteiger partial charge in [-0.25, -0.2) is 0 Å². The minimum absolute atomic E-state index is 0.416. The van der Waals surface area contributed by atoms with Gasteiger partial charge >= 0.3 is 0 Å². The van der Waals surface area contributed by atoms with E-state index >= 15 is 0 Å². The van der Waals surface area contributed by atoms with Crippen LogP contribution in [0.15, 0.2) is 24.3 Å². The van der Waals surface area contributed by atoms with Crippen LogP contribution >= 0.6 is 11.6 Å². The van der Waals surface area contributed by atoms with Gasteiger partial charge in [0.1, 0.15) is 0 Å². The normalized spacial score (nSPS) is 12.7. The van der Waals surface area contributed by atoms with Crippen LogP contribution in [0.5, 0.6) is 0 Å². The summed E-state index contributed by atoms with van der Waals surface area (Å²) in [7, 11) is 0. The van der Waals surface area contributed by atoms with Crippen molar-refractivity contribution in [3.05, 3.63) is 35.4 Å². The van der Waals surface area contributed by atoms with Crippen LogP contribution in [0.2, 0.25) is 0 Å². The van der Waals surface area contributed by atoms with Crippen LogP contribution in [0.1, 0.15) is 36.8 Å². The topological polar surface area (TPSA) is 9.23 Å². The highest BCUT2D eigenvalue weighted by Gasteiger charge is 2.11. The van der Waals surface area contributed by atoms with Gasteiger partial charge in [-0.15, -0.1) is 11.6 Å². The Morgan fingerprint density at radius 1 is 1.25 bits per heavy atom. The quantitative estimate of drug-likeness (QED) is 0.514. The lowest BCUT2D eigenvalue weighted by atomic mass is 9.94. The van der Waals surface area contributed by atoms with Crippen molar-refractivity contribution < 1.29 is 4.74 Å². The van der Waals surface area contributed by atoms with E-state index in [-0.39, 0.29) is 0 Å². The Balaban J connectivity index is 2.51. The fourth-order valence-electron chi connectivity index (χ4n) is 1.83. The Bertz CT molecular complexity index is 299. The number of rotatable bonds is 7. The third-order valence-corrected chi connectivity index (χ3v) is 3.15. The summed E-state index contributed by atoms with van der Waals surface area (Å²) >= 11 is 6.03. The molecule has 0 N–H and O–H groups in total. The predicted molar refractivity (Wildman–Crippen MR) is 70.4 cm³/mol. The zero-order chi connectivity index (χ0) is 11.8. The molecule has 0 saturated heterocycles. The first-order chi connectivity index (χ1) is 7.79. The van der Waals surface area contributed by atoms with Crippen molar-refractivity contribution in [2.75, 3.05) is 19.1 Å². The van der Waals surface area contributed by atoms with E-state index in [0.29, 0.717) is 11.8 Å². The van der Waals surface area contributed by atoms with E-state index in [0.717, 1.165) is 26.1 Å². The molecular formula is C14H21ClO. The van der Waals surface area contributed by atoms with Crippen molar-refractivity contribution in [2.24, 2.45) is 0 Å². The molecule has 1 unspecified atom stereocenters. The molecule has 90 valence electrons. The summed E-state index contributed by atoms with van der Waals surface area (Å²) < 4.78 is 5.52. The van der Waals surface area contributed by atoms with Crippen molar-refractivity contribution in [2.45, 2.75) is 32.6 Å². The Morgan fingerprint density at radius 2 is 2.00 bits per heavy atom. The first-order valence-corrected chi connectivity index (χ1v) is 6.52. The molecule has 1 nitrogen and oxygen atoms in total. The minimum atomic E-state index is 0.416. The second-order valence-electron chi connectivity index (χ2n) is 4.11. The van der Waals surface area contributed by atoms with E-state index in [1.165, 1.54) is 11.1 Å². The van der Waals surface area contributed by atoms with Crippen LogP contribution in [0, 0.1) is 6.92 Å². The highest BCUT2D eigenvalue weighted by molar-refractivity contribution is 6.18. The van der Waals surface area contributed by atoms with Gasteiger partial charge in [-0.2, -0.15) is 0 Å². The SMILES string of the molecule is CCCOCCC(CCl)c1ccccc1C. The molecule has 1 aromatic carbocycles. The maximum atomic E-state index is 6.03. The molecule has 0 spiro atoms. The average Bonchev–Trinajstić information content (AvgIpc) is 2.31. The van der Waals surface area contributed by atoms with Gasteiger partial charge < -0.3 is 4.74 Å². The lowest BCUT2D eigenvalue weighted by Gasteiger charge is -2.16. The third kappa shape index (κ3) is 4.15. The average molecular weight is 241 g/mol. The van der Waals surface area contributed by atoms with Crippen molar-refractivity contribution in [3.8, 4) is 0 Å². The molecule has 0 heterocycles. The van der Waals surface area contributed by atoms with Crippen molar-refractivity contribution >= 4 is 11.6 Å². The molecule has 0 aliphatic heterocycles. The molecule has 1 atom stereocenters. The molecule has 16 heavy (non-hydrogen) atoms. The number of ether oxygens (including phenoxy) is 1. The molecule has 0 amide bonds. The van der Waals surface area contributed by atoms with E-state index in [2.05, 4.69) is 38.1 Å². The standard InChI is InChI=1S/C14H21ClO/c1-3-9-16-10-8-13(11-15)14-7-5-4-6-12(14)2/h4-7,13H,3,8-11H2,1-2H3. The van der Waals surface area contributed by atoms with Crippen LogP contribution in [-0.2, 0) is 4.74 Å². The molecule has 1 rings (SSSR count). The monoisotopic (exact) mass is 240 g/mol. The fourth-order valence-corrected chi connectivity index (χ4v) is 2.15. The maximum absolute atomic E-state index is 6.03. The number of hydrogen-bond acceptors (Lipinski definition) is 1. The van der Waals surface area contributed by atoms with Crippen molar-refractivity contribution in [3.63, 3.8) is 0 Å². The Hall–Kier alpha value is -0.530. The predicted octanol–water partition coefficient (Wildman–Crippen LogP) is 4.13. The Kier molecular flexibility index (Phi) is 6.51. The summed E-state index contributed by atoms with van der Waals surface area (Å²) in [6, 6.07) is 8.45. The van der Waals surface area contributed by atoms with Crippen LogP contribution in [-0.4, -0.2) is 19.1 Å². The summed E-state index contributed by atoms with van der Waals surface area (Å²) in [5, 5.41) is 0. The summed E-state index contributed by atoms with van der Waals surface area (Å²) in [6.45, 7) is 5.92. The third-order valence-electron chi connectivity index (χ3n) is 2.77. The van der Waals surface area contributed by atoms with Gasteiger partial charge in [-0.1, -0.05) is 31.2 Å². The molecule has 0 aromatic heterocycles. The molecule has 0 fully saturated rings. The highest BCUT2D eigenvalue weighted by atomic mass is 35.5. The van der Waals surface area contributed by atoms with Gasteiger partial charge in [-0.05, 0) is 36.8 Å². The van der Waals surface area contributed by atoms with Crippen LogP contribution in [0.3, 0.4) is 0 Å². The molecule has 0 aliphatic carbocycles. The molecule has 0 radical (unpaired) electrons. The molecule has 0 bridgehead atoms.